The van der Waals surface area contributed by atoms with E-state index in [1.54, 1.807) is 0 Å². The van der Waals surface area contributed by atoms with Crippen LogP contribution in [0.25, 0.3) is 0 Å². The largest absolute Gasteiger partial charge is 0.507 e. The molecule has 0 radical (unpaired) electrons. The fourth-order valence-electron chi connectivity index (χ4n) is 10.2. The van der Waals surface area contributed by atoms with E-state index in [0.717, 1.165) is 24.3 Å². The first-order valence-electron chi connectivity index (χ1n) is 24.7. The van der Waals surface area contributed by atoms with E-state index in [9.17, 15) is 80.5 Å². The van der Waals surface area contributed by atoms with Crippen LogP contribution in [0, 0.1) is 0 Å². The Hall–Kier alpha value is -8.84. The fraction of sp³-hybridized carbons (Fsp3) is 0.161. The lowest BCUT2D eigenvalue weighted by atomic mass is 9.75. The average Bonchev–Trinajstić information content (AvgIpc) is 1.36. The van der Waals surface area contributed by atoms with Gasteiger partial charge in [-0.3, -0.25) is 0 Å². The molecule has 86 heavy (non-hydrogen) atoms. The number of aliphatic carboxylic acids is 4. The Morgan fingerprint density at radius 3 is 0.593 bits per heavy atom. The Morgan fingerprint density at radius 1 is 0.291 bits per heavy atom. The molecule has 0 aromatic heterocycles. The minimum Gasteiger partial charge on any atom is -0.507 e. The van der Waals surface area contributed by atoms with E-state index in [4.69, 9.17) is 18.9 Å². The molecule has 8 aromatic carbocycles. The van der Waals surface area contributed by atoms with E-state index in [2.05, 4.69) is 63.7 Å². The molecule has 0 heterocycles. The zero-order valence-corrected chi connectivity index (χ0v) is 49.2. The normalized spacial score (nSPS) is 15.0. The smallest absolute Gasteiger partial charge is 0.341 e. The number of phenols is 8. The highest BCUT2D eigenvalue weighted by molar-refractivity contribution is 9.11. The van der Waals surface area contributed by atoms with Gasteiger partial charge in [0.05, 0.1) is 17.9 Å². The van der Waals surface area contributed by atoms with Crippen molar-refractivity contribution in [3.05, 3.63) is 206 Å². The molecule has 0 unspecified atom stereocenters. The van der Waals surface area contributed by atoms with Gasteiger partial charge in [0.2, 0.25) is 0 Å². The lowest BCUT2D eigenvalue weighted by molar-refractivity contribution is -0.140. The maximum atomic E-state index is 12.3. The maximum absolute atomic E-state index is 12.3. The molecule has 0 saturated carbocycles. The zero-order valence-electron chi connectivity index (χ0n) is 42.8. The van der Waals surface area contributed by atoms with Crippen molar-refractivity contribution in [1.82, 2.24) is 0 Å². The van der Waals surface area contributed by atoms with Crippen LogP contribution in [0.4, 0.5) is 0 Å². The van der Waals surface area contributed by atoms with Crippen molar-refractivity contribution in [2.75, 3.05) is 26.4 Å². The number of carboxylic acids is 4. The Balaban J connectivity index is 0.00000529. The van der Waals surface area contributed by atoms with Crippen molar-refractivity contribution in [2.24, 2.45) is 0 Å². The van der Waals surface area contributed by atoms with Crippen LogP contribution in [0.15, 0.2) is 139 Å². The number of aromatic hydroxyl groups is 8. The summed E-state index contributed by atoms with van der Waals surface area (Å²) in [5, 5.41) is 136. The molecule has 12 N–H and O–H groups in total. The van der Waals surface area contributed by atoms with Gasteiger partial charge < -0.3 is 80.2 Å². The molecule has 24 heteroatoms. The molecule has 0 aliphatic heterocycles. The van der Waals surface area contributed by atoms with Crippen LogP contribution in [0.1, 0.15) is 105 Å². The van der Waals surface area contributed by atoms with E-state index in [1.165, 1.54) is 97.1 Å². The SMILES string of the molecule is C.C.O=C(O)COc1ccc(C2c3cc(c(O)cc3O)C(c3ccc(OCC(=O)O)c(Br)c3)c3cc(c(O)cc3O)C(c3ccc(OCC(=O)O)c(Br)c3)c3cc(c(O)cc3O)C(c3ccc(OCC(=O)O)c(Br)c3)c3cc2c(O)cc3O)cc1Br. The standard InChI is InChI=1S/C60H44Br4O20.2CH4/c61-37-9-25(1-5-49(37)81-21-53(73)74)57-29-13-31(43(67)17-41(29)65)58(26-2-6-50(38(62)10-26)82-22-54(75)76)33-15-35(47(71)19-45(33)69)60(28-4-8-52(40(64)12-28)84-24-56(79)80)36-16-34(46(70)20-48(36)72)59(32-14-30(57)42(66)18-44(32)68)27-3-7-51(39(63)11-27)83-23-55(77)78;;/h1-20,57-60,65-72H,21-24H2,(H,73,74)(H,75,76)(H,77,78)(H,79,80);2*1H4. The van der Waals surface area contributed by atoms with Crippen LogP contribution in [0.2, 0.25) is 0 Å². The summed E-state index contributed by atoms with van der Waals surface area (Å²) >= 11 is 13.9. The van der Waals surface area contributed by atoms with Crippen molar-refractivity contribution >= 4 is 87.6 Å². The first kappa shape index (κ1) is 64.7. The van der Waals surface area contributed by atoms with Crippen molar-refractivity contribution < 1.29 is 99.4 Å². The summed E-state index contributed by atoms with van der Waals surface area (Å²) < 4.78 is 22.9. The van der Waals surface area contributed by atoms with Crippen LogP contribution < -0.4 is 18.9 Å². The molecule has 448 valence electrons. The van der Waals surface area contributed by atoms with Crippen LogP contribution >= 0.6 is 63.7 Å². The number of rotatable bonds is 16. The summed E-state index contributed by atoms with van der Waals surface area (Å²) in [6, 6.07) is 27.5. The summed E-state index contributed by atoms with van der Waals surface area (Å²) in [7, 11) is 0. The molecule has 8 aromatic rings. The predicted molar refractivity (Wildman–Crippen MR) is 325 cm³/mol. The summed E-state index contributed by atoms with van der Waals surface area (Å²) in [6.07, 6.45) is 0. The summed E-state index contributed by atoms with van der Waals surface area (Å²) in [4.78, 5) is 46.3. The molecule has 1 aliphatic carbocycles. The molecule has 0 amide bonds. The second kappa shape index (κ2) is 26.6. The second-order valence-corrected chi connectivity index (χ2v) is 22.5. The van der Waals surface area contributed by atoms with Crippen molar-refractivity contribution in [3.63, 3.8) is 0 Å². The van der Waals surface area contributed by atoms with Crippen LogP contribution in [-0.2, 0) is 19.2 Å². The van der Waals surface area contributed by atoms with Gasteiger partial charge in [0.15, 0.2) is 26.4 Å². The zero-order chi connectivity index (χ0) is 60.6. The average molecular weight is 1440 g/mol. The minimum absolute atomic E-state index is 0. The number of halogens is 4. The molecule has 0 spiro atoms. The summed E-state index contributed by atoms with van der Waals surface area (Å²) in [5.41, 5.74) is 0.717. The Labute approximate surface area is 523 Å². The monoisotopic (exact) mass is 1430 g/mol. The topological polar surface area (TPSA) is 348 Å². The second-order valence-electron chi connectivity index (χ2n) is 19.1. The molecular weight excluding hydrogens is 1380 g/mol. The number of phenolic OH excluding ortho intramolecular Hbond substituents is 8. The van der Waals surface area contributed by atoms with Gasteiger partial charge in [-0.15, -0.1) is 0 Å². The highest BCUT2D eigenvalue weighted by Crippen LogP contribution is 2.55. The minimum atomic E-state index is -1.35. The third kappa shape index (κ3) is 13.5. The molecule has 0 saturated heterocycles. The molecule has 9 rings (SSSR count). The van der Waals surface area contributed by atoms with Crippen molar-refractivity contribution in [1.29, 1.82) is 0 Å². The van der Waals surface area contributed by atoms with Crippen LogP contribution in [0.3, 0.4) is 0 Å². The van der Waals surface area contributed by atoms with E-state index in [-0.39, 0.29) is 123 Å². The highest BCUT2D eigenvalue weighted by Gasteiger charge is 2.36. The fourth-order valence-corrected chi connectivity index (χ4v) is 12.3. The lowest BCUT2D eigenvalue weighted by Gasteiger charge is -2.30. The van der Waals surface area contributed by atoms with Crippen molar-refractivity contribution in [2.45, 2.75) is 38.5 Å². The number of ether oxygens (including phenoxy) is 4. The molecule has 0 atom stereocenters. The predicted octanol–water partition coefficient (Wildman–Crippen LogP) is 12.5. The quantitative estimate of drug-likeness (QED) is 0.0427. The first-order valence-corrected chi connectivity index (χ1v) is 27.8. The van der Waals surface area contributed by atoms with Gasteiger partial charge >= 0.3 is 23.9 Å². The molecule has 8 bridgehead atoms. The van der Waals surface area contributed by atoms with Gasteiger partial charge in [0.25, 0.3) is 0 Å². The van der Waals surface area contributed by atoms with Gasteiger partial charge in [0, 0.05) is 92.4 Å². The molecule has 20 nitrogen and oxygen atoms in total. The number of benzene rings is 8. The van der Waals surface area contributed by atoms with E-state index < -0.39 is 120 Å². The summed E-state index contributed by atoms with van der Waals surface area (Å²) in [6.45, 7) is -2.92. The molecule has 0 fully saturated rings. The van der Waals surface area contributed by atoms with E-state index in [0.29, 0.717) is 0 Å². The van der Waals surface area contributed by atoms with Gasteiger partial charge in [-0.1, -0.05) is 39.1 Å². The van der Waals surface area contributed by atoms with Crippen LogP contribution in [0.5, 0.6) is 69.0 Å². The first-order chi connectivity index (χ1) is 39.9. The van der Waals surface area contributed by atoms with Gasteiger partial charge in [0.1, 0.15) is 69.0 Å². The number of hydrogen-bond donors (Lipinski definition) is 12. The Morgan fingerprint density at radius 2 is 0.453 bits per heavy atom. The van der Waals surface area contributed by atoms with E-state index in [1.807, 2.05) is 0 Å². The van der Waals surface area contributed by atoms with Crippen LogP contribution in [-0.4, -0.2) is 112 Å². The molecular formula is C62H52Br4O20. The van der Waals surface area contributed by atoms with Gasteiger partial charge in [-0.25, -0.2) is 19.2 Å². The number of carboxylic acid groups (broad SMARTS) is 4. The van der Waals surface area contributed by atoms with Gasteiger partial charge in [-0.05, 0) is 159 Å². The van der Waals surface area contributed by atoms with E-state index >= 15 is 0 Å². The number of fused-ring (bicyclic) bond motifs is 8. The lowest BCUT2D eigenvalue weighted by Crippen LogP contribution is -2.14. The van der Waals surface area contributed by atoms with Gasteiger partial charge in [-0.2, -0.15) is 0 Å². The third-order valence-electron chi connectivity index (χ3n) is 13.8. The van der Waals surface area contributed by atoms with Crippen molar-refractivity contribution in [3.8, 4) is 69.0 Å². The Kier molecular flexibility index (Phi) is 20.0. The molecule has 1 aliphatic rings. The third-order valence-corrected chi connectivity index (χ3v) is 16.2. The number of carbonyl (C=O) groups is 4. The Bertz CT molecular complexity index is 3370. The number of hydrogen-bond acceptors (Lipinski definition) is 16. The summed E-state index contributed by atoms with van der Waals surface area (Å²) in [5.74, 6) is -14.7. The maximum Gasteiger partial charge on any atom is 0.341 e. The highest BCUT2D eigenvalue weighted by atomic mass is 79.9.